The third kappa shape index (κ3) is 3.00. The summed E-state index contributed by atoms with van der Waals surface area (Å²) >= 11 is 5.86. The molecule has 3 rings (SSSR count). The molecule has 1 aliphatic rings. The maximum atomic E-state index is 5.86. The molecule has 2 heterocycles. The van der Waals surface area contributed by atoms with Crippen LogP contribution in [0.3, 0.4) is 0 Å². The lowest BCUT2D eigenvalue weighted by atomic mass is 10.1. The molecule has 1 N–H and O–H groups in total. The van der Waals surface area contributed by atoms with E-state index in [1.54, 1.807) is 7.11 Å². The summed E-state index contributed by atoms with van der Waals surface area (Å²) in [4.78, 5) is 4.45. The Hall–Kier alpha value is -1.43. The molecular weight excluding hydrogens is 278 g/mol. The minimum absolute atomic E-state index is 0.0893. The Labute approximate surface area is 122 Å². The first-order chi connectivity index (χ1) is 9.74. The fourth-order valence-corrected chi connectivity index (χ4v) is 2.46. The lowest BCUT2D eigenvalue weighted by molar-refractivity contribution is 0.116. The monoisotopic (exact) mass is 293 g/mol. The van der Waals surface area contributed by atoms with Crippen LogP contribution >= 0.6 is 11.6 Å². The van der Waals surface area contributed by atoms with E-state index in [0.717, 1.165) is 23.6 Å². The quantitative estimate of drug-likeness (QED) is 0.938. The molecule has 2 atom stereocenters. The van der Waals surface area contributed by atoms with Crippen LogP contribution in [0.2, 0.25) is 5.02 Å². The van der Waals surface area contributed by atoms with Crippen molar-refractivity contribution >= 4 is 11.6 Å². The van der Waals surface area contributed by atoms with Gasteiger partial charge < -0.3 is 14.6 Å². The van der Waals surface area contributed by atoms with E-state index in [1.165, 1.54) is 0 Å². The second-order valence-electron chi connectivity index (χ2n) is 4.91. The summed E-state index contributed by atoms with van der Waals surface area (Å²) in [6.07, 6.45) is 1.71. The Bertz CT molecular complexity index is 570. The number of nitrogens with zero attached hydrogens (tertiary/aromatic N) is 2. The van der Waals surface area contributed by atoms with E-state index in [2.05, 4.69) is 15.5 Å². The first-order valence-corrected chi connectivity index (χ1v) is 6.95. The highest BCUT2D eigenvalue weighted by Gasteiger charge is 2.29. The van der Waals surface area contributed by atoms with Gasteiger partial charge in [-0.2, -0.15) is 4.98 Å². The number of methoxy groups -OCH3 is 1. The molecule has 0 aliphatic carbocycles. The predicted octanol–water partition coefficient (Wildman–Crippen LogP) is 2.36. The van der Waals surface area contributed by atoms with E-state index >= 15 is 0 Å². The summed E-state index contributed by atoms with van der Waals surface area (Å²) in [6, 6.07) is 7.74. The van der Waals surface area contributed by atoms with Crippen molar-refractivity contribution in [3.8, 4) is 0 Å². The molecule has 0 radical (unpaired) electrons. The number of nitrogens with one attached hydrogen (secondary N) is 1. The van der Waals surface area contributed by atoms with Crippen LogP contribution in [0.25, 0.3) is 0 Å². The highest BCUT2D eigenvalue weighted by atomic mass is 35.5. The number of ether oxygens (including phenoxy) is 1. The molecule has 0 bridgehead atoms. The van der Waals surface area contributed by atoms with Gasteiger partial charge in [-0.05, 0) is 24.1 Å². The van der Waals surface area contributed by atoms with Crippen molar-refractivity contribution in [3.63, 3.8) is 0 Å². The summed E-state index contributed by atoms with van der Waals surface area (Å²) in [5.74, 6) is 1.32. The molecule has 1 aromatic carbocycles. The summed E-state index contributed by atoms with van der Waals surface area (Å²) in [5.41, 5.74) is 1.11. The van der Waals surface area contributed by atoms with E-state index < -0.39 is 0 Å². The van der Waals surface area contributed by atoms with Gasteiger partial charge in [0.1, 0.15) is 0 Å². The molecular formula is C14H16ClN3O2. The summed E-state index contributed by atoms with van der Waals surface area (Å²) in [7, 11) is 1.72. The highest BCUT2D eigenvalue weighted by Crippen LogP contribution is 2.23. The molecule has 1 saturated heterocycles. The number of aromatic nitrogens is 2. The van der Waals surface area contributed by atoms with Crippen molar-refractivity contribution in [2.24, 2.45) is 0 Å². The van der Waals surface area contributed by atoms with E-state index in [4.69, 9.17) is 20.9 Å². The van der Waals surface area contributed by atoms with Gasteiger partial charge in [0.15, 0.2) is 5.82 Å². The fraction of sp³-hybridized carbons (Fsp3) is 0.429. The van der Waals surface area contributed by atoms with Gasteiger partial charge in [0.25, 0.3) is 0 Å². The van der Waals surface area contributed by atoms with Crippen molar-refractivity contribution < 1.29 is 9.26 Å². The van der Waals surface area contributed by atoms with Crippen LogP contribution < -0.4 is 5.32 Å². The highest BCUT2D eigenvalue weighted by molar-refractivity contribution is 6.30. The third-order valence-electron chi connectivity index (χ3n) is 3.48. The smallest absolute Gasteiger partial charge is 0.243 e. The van der Waals surface area contributed by atoms with E-state index in [-0.39, 0.29) is 12.1 Å². The molecule has 0 unspecified atom stereocenters. The maximum Gasteiger partial charge on any atom is 0.243 e. The molecule has 0 saturated carbocycles. The molecule has 1 aliphatic heterocycles. The summed E-state index contributed by atoms with van der Waals surface area (Å²) in [6.45, 7) is 0.816. The van der Waals surface area contributed by atoms with Crippen molar-refractivity contribution in [2.75, 3.05) is 13.7 Å². The lowest BCUT2D eigenvalue weighted by Crippen LogP contribution is -2.16. The van der Waals surface area contributed by atoms with Gasteiger partial charge in [-0.3, -0.25) is 0 Å². The SMILES string of the molecule is CO[C@@H]1CN[C@@H](c2nc(Cc3ccc(Cl)cc3)no2)C1. The Morgan fingerprint density at radius 2 is 2.20 bits per heavy atom. The van der Waals surface area contributed by atoms with Gasteiger partial charge in [-0.15, -0.1) is 0 Å². The maximum absolute atomic E-state index is 5.86. The second kappa shape index (κ2) is 5.91. The Balaban J connectivity index is 1.66. The van der Waals surface area contributed by atoms with Crippen molar-refractivity contribution in [1.82, 2.24) is 15.5 Å². The van der Waals surface area contributed by atoms with Crippen molar-refractivity contribution in [1.29, 1.82) is 0 Å². The summed E-state index contributed by atoms with van der Waals surface area (Å²) in [5, 5.41) is 8.07. The Kier molecular flexibility index (Phi) is 4.00. The third-order valence-corrected chi connectivity index (χ3v) is 3.73. The average molecular weight is 294 g/mol. The van der Waals surface area contributed by atoms with E-state index in [9.17, 15) is 0 Å². The van der Waals surface area contributed by atoms with Crippen LogP contribution in [0, 0.1) is 0 Å². The van der Waals surface area contributed by atoms with Gasteiger partial charge in [0, 0.05) is 25.1 Å². The molecule has 1 fully saturated rings. The van der Waals surface area contributed by atoms with Crippen molar-refractivity contribution in [3.05, 3.63) is 46.6 Å². The molecule has 106 valence electrons. The van der Waals surface area contributed by atoms with Crippen LogP contribution in [0.1, 0.15) is 29.7 Å². The minimum Gasteiger partial charge on any atom is -0.380 e. The molecule has 0 spiro atoms. The largest absolute Gasteiger partial charge is 0.380 e. The van der Waals surface area contributed by atoms with Crippen LogP contribution in [-0.4, -0.2) is 29.9 Å². The number of rotatable bonds is 4. The zero-order valence-corrected chi connectivity index (χ0v) is 11.9. The van der Waals surface area contributed by atoms with Gasteiger partial charge in [0.2, 0.25) is 5.89 Å². The van der Waals surface area contributed by atoms with Crippen LogP contribution in [-0.2, 0) is 11.2 Å². The van der Waals surface area contributed by atoms with Gasteiger partial charge in [-0.1, -0.05) is 28.9 Å². The zero-order chi connectivity index (χ0) is 13.9. The van der Waals surface area contributed by atoms with Crippen LogP contribution in [0.15, 0.2) is 28.8 Å². The molecule has 6 heteroatoms. The summed E-state index contributed by atoms with van der Waals surface area (Å²) < 4.78 is 10.6. The minimum atomic E-state index is 0.0893. The fourth-order valence-electron chi connectivity index (χ4n) is 2.34. The number of hydrogen-bond acceptors (Lipinski definition) is 5. The number of halogens is 1. The van der Waals surface area contributed by atoms with Gasteiger partial charge >= 0.3 is 0 Å². The number of hydrogen-bond donors (Lipinski definition) is 1. The van der Waals surface area contributed by atoms with Crippen molar-refractivity contribution in [2.45, 2.75) is 25.0 Å². The Morgan fingerprint density at radius 3 is 2.90 bits per heavy atom. The predicted molar refractivity (Wildman–Crippen MR) is 74.7 cm³/mol. The lowest BCUT2D eigenvalue weighted by Gasteiger charge is -2.04. The molecule has 20 heavy (non-hydrogen) atoms. The first kappa shape index (κ1) is 13.5. The van der Waals surface area contributed by atoms with E-state index in [0.29, 0.717) is 18.1 Å². The van der Waals surface area contributed by atoms with Gasteiger partial charge in [-0.25, -0.2) is 0 Å². The zero-order valence-electron chi connectivity index (χ0n) is 11.2. The van der Waals surface area contributed by atoms with Gasteiger partial charge in [0.05, 0.1) is 12.1 Å². The Morgan fingerprint density at radius 1 is 1.40 bits per heavy atom. The van der Waals surface area contributed by atoms with E-state index in [1.807, 2.05) is 24.3 Å². The first-order valence-electron chi connectivity index (χ1n) is 6.57. The number of benzene rings is 1. The standard InChI is InChI=1S/C14H16ClN3O2/c1-19-11-7-12(16-8-11)14-17-13(18-20-14)6-9-2-4-10(15)5-3-9/h2-5,11-12,16H,6-8H2,1H3/t11-,12+/m0/s1. The topological polar surface area (TPSA) is 60.2 Å². The average Bonchev–Trinajstić information content (AvgIpc) is 3.10. The van der Waals surface area contributed by atoms with Crippen LogP contribution in [0.5, 0.6) is 0 Å². The van der Waals surface area contributed by atoms with Crippen LogP contribution in [0.4, 0.5) is 0 Å². The molecule has 5 nitrogen and oxygen atoms in total. The molecule has 1 aromatic heterocycles. The molecule has 2 aromatic rings. The molecule has 0 amide bonds. The second-order valence-corrected chi connectivity index (χ2v) is 5.34. The normalized spacial score (nSPS) is 22.3.